The van der Waals surface area contributed by atoms with E-state index in [-0.39, 0.29) is 124 Å². The van der Waals surface area contributed by atoms with Gasteiger partial charge in [0.25, 0.3) is 0 Å². The van der Waals surface area contributed by atoms with Gasteiger partial charge in [-0.3, -0.25) is 0 Å². The number of halogens is 8. The van der Waals surface area contributed by atoms with Gasteiger partial charge < -0.3 is 19.6 Å². The van der Waals surface area contributed by atoms with Gasteiger partial charge in [-0.15, -0.1) is 0 Å². The molecule has 0 spiro atoms. The van der Waals surface area contributed by atoms with Gasteiger partial charge in [-0.25, -0.2) is 40.0 Å². The lowest BCUT2D eigenvalue weighted by Gasteiger charge is -2.39. The van der Waals surface area contributed by atoms with Crippen molar-refractivity contribution in [2.24, 2.45) is 0 Å². The maximum Gasteiger partial charge on any atom is 0.192 e. The minimum atomic E-state index is -1.97. The molecule has 1 aliphatic carbocycles. The SMILES string of the molecule is [C-]#[N+]c1cc(F)cc(N(c2cc(F)cc(C#N)c2)c2cc(N(c3cc(F)cc(C#N)c3)c3cc(F)cc(C#N)c3)cc(C3(c4cc(N(c5cc(F)cc(C#N)c5)c5cc(F)cc(C#N)c5)cc(N(c5cc(F)cc(C#N)c5)c5cc(F)cc(C#N)c5)c4)c4ccccc4-c4ccccc43)c2)c1. The Kier molecular flexibility index (Phi) is 17.0. The standard InChI is InChI=1S/C81H38F8N12/c1-97-64-28-63(89)36-76(37-64)101(71-23-53(46-96)16-62(88)35-71)75-27-55(26-74(39-75)100(69-21-51(44-94)14-60(86)33-69)70-22-52(45-95)15-61(87)34-70)81(79-8-4-2-6-77(79)78-7-3-5-9-80(78)81)54-24-72(98(65-17-47(40-90)10-56(82)29-65)66-18-48(41-91)11-57(83)30-66)38-73(25-54)99(67-19-49(42-92)12-58(84)31-67)68-20-50(43-93)13-59(85)32-68/h2-39H. The summed E-state index contributed by atoms with van der Waals surface area (Å²) >= 11 is 0. The molecule has 0 saturated heterocycles. The maximum atomic E-state index is 16.4. The number of hydrogen-bond donors (Lipinski definition) is 0. The van der Waals surface area contributed by atoms with Crippen LogP contribution in [0.5, 0.6) is 0 Å². The first-order chi connectivity index (χ1) is 48.8. The second-order valence-corrected chi connectivity index (χ2v) is 23.1. The lowest BCUT2D eigenvalue weighted by Crippen LogP contribution is -2.30. The third kappa shape index (κ3) is 12.3. The van der Waals surface area contributed by atoms with E-state index in [9.17, 15) is 36.8 Å². The quantitative estimate of drug-likeness (QED) is 0.0745. The van der Waals surface area contributed by atoms with Crippen LogP contribution in [0.15, 0.2) is 231 Å². The Morgan fingerprint density at radius 1 is 0.257 bits per heavy atom. The van der Waals surface area contributed by atoms with E-state index in [1.165, 1.54) is 80.3 Å². The van der Waals surface area contributed by atoms with Crippen LogP contribution < -0.4 is 19.6 Å². The molecule has 0 aromatic heterocycles. The summed E-state index contributed by atoms with van der Waals surface area (Å²) < 4.78 is 131. The fraction of sp³-hybridized carbons (Fsp3) is 0.0123. The molecule has 478 valence electrons. The molecule has 0 unspecified atom stereocenters. The molecule has 13 rings (SSSR count). The van der Waals surface area contributed by atoms with Gasteiger partial charge in [0.05, 0.1) is 133 Å². The topological polar surface area (TPSA) is 184 Å². The monoisotopic (exact) mass is 1330 g/mol. The average molecular weight is 1330 g/mol. The van der Waals surface area contributed by atoms with Gasteiger partial charge in [0, 0.05) is 28.4 Å². The van der Waals surface area contributed by atoms with E-state index in [1.54, 1.807) is 60.7 Å². The summed E-state index contributed by atoms with van der Waals surface area (Å²) in [5.41, 5.74) is -3.21. The van der Waals surface area contributed by atoms with Gasteiger partial charge in [0.2, 0.25) is 0 Å². The lowest BCUT2D eigenvalue weighted by atomic mass is 9.67. The fourth-order valence-electron chi connectivity index (χ4n) is 13.1. The number of hydrogen-bond acceptors (Lipinski definition) is 11. The first-order valence-corrected chi connectivity index (χ1v) is 30.2. The number of nitrogens with zero attached hydrogens (tertiary/aromatic N) is 12. The summed E-state index contributed by atoms with van der Waals surface area (Å²) in [7, 11) is 0. The van der Waals surface area contributed by atoms with Crippen molar-refractivity contribution in [3.63, 3.8) is 0 Å². The molecule has 0 fully saturated rings. The summed E-state index contributed by atoms with van der Waals surface area (Å²) in [4.78, 5) is 8.78. The van der Waals surface area contributed by atoms with Crippen LogP contribution in [0.4, 0.5) is 109 Å². The molecular weight excluding hydrogens is 1290 g/mol. The van der Waals surface area contributed by atoms with E-state index in [0.29, 0.717) is 22.3 Å². The van der Waals surface area contributed by atoms with Crippen molar-refractivity contribution < 1.29 is 35.1 Å². The Morgan fingerprint density at radius 3 is 0.693 bits per heavy atom. The Morgan fingerprint density at radius 2 is 0.465 bits per heavy atom. The number of fused-ring (bicyclic) bond motifs is 3. The normalized spacial score (nSPS) is 11.4. The summed E-state index contributed by atoms with van der Waals surface area (Å²) in [6, 6.07) is 63.0. The third-order valence-electron chi connectivity index (χ3n) is 16.8. The number of benzene rings is 12. The van der Waals surface area contributed by atoms with Crippen LogP contribution in [-0.4, -0.2) is 0 Å². The Labute approximate surface area is 571 Å². The maximum absolute atomic E-state index is 16.4. The minimum absolute atomic E-state index is 0.0756. The van der Waals surface area contributed by atoms with Crippen molar-refractivity contribution in [3.8, 4) is 53.6 Å². The molecule has 0 saturated carbocycles. The van der Waals surface area contributed by atoms with Crippen LogP contribution in [0.25, 0.3) is 16.0 Å². The molecule has 0 N–H and O–H groups in total. The number of anilines is 12. The molecule has 1 aliphatic rings. The van der Waals surface area contributed by atoms with E-state index in [4.69, 9.17) is 6.57 Å². The van der Waals surface area contributed by atoms with Crippen LogP contribution in [0.1, 0.15) is 61.2 Å². The zero-order chi connectivity index (χ0) is 71.0. The first kappa shape index (κ1) is 64.9. The van der Waals surface area contributed by atoms with Crippen molar-refractivity contribution in [1.82, 2.24) is 0 Å². The summed E-state index contributed by atoms with van der Waals surface area (Å²) in [5, 5.41) is 73.2. The van der Waals surface area contributed by atoms with E-state index >= 15 is 35.1 Å². The van der Waals surface area contributed by atoms with Gasteiger partial charge >= 0.3 is 0 Å². The highest BCUT2D eigenvalue weighted by molar-refractivity contribution is 5.93. The van der Waals surface area contributed by atoms with Crippen molar-refractivity contribution in [2.75, 3.05) is 19.6 Å². The summed E-state index contributed by atoms with van der Waals surface area (Å²) in [6.07, 6.45) is 0. The van der Waals surface area contributed by atoms with Gasteiger partial charge in [-0.1, -0.05) is 48.5 Å². The highest BCUT2D eigenvalue weighted by Gasteiger charge is 2.48. The summed E-state index contributed by atoms with van der Waals surface area (Å²) in [5.74, 6) is -7.64. The molecule has 20 heteroatoms. The van der Waals surface area contributed by atoms with Crippen molar-refractivity contribution in [1.29, 1.82) is 36.8 Å². The highest BCUT2D eigenvalue weighted by Crippen LogP contribution is 2.60. The Bertz CT molecular complexity index is 4950. The lowest BCUT2D eigenvalue weighted by molar-refractivity contribution is 0.625. The molecule has 101 heavy (non-hydrogen) atoms. The fourth-order valence-corrected chi connectivity index (χ4v) is 13.1. The van der Waals surface area contributed by atoms with E-state index in [1.807, 2.05) is 54.6 Å². The predicted octanol–water partition coefficient (Wildman–Crippen LogP) is 20.7. The molecule has 0 amide bonds. The molecule has 0 aliphatic heterocycles. The van der Waals surface area contributed by atoms with E-state index in [0.717, 1.165) is 97.1 Å². The number of nitriles is 7. The van der Waals surface area contributed by atoms with Gasteiger partial charge in [-0.05, 0) is 215 Å². The summed E-state index contributed by atoms with van der Waals surface area (Å²) in [6.45, 7) is 8.10. The van der Waals surface area contributed by atoms with Crippen LogP contribution >= 0.6 is 0 Å². The zero-order valence-electron chi connectivity index (χ0n) is 51.8. The van der Waals surface area contributed by atoms with Crippen molar-refractivity contribution in [2.45, 2.75) is 5.41 Å². The Balaban J connectivity index is 1.28. The van der Waals surface area contributed by atoms with Crippen molar-refractivity contribution in [3.05, 3.63) is 350 Å². The van der Waals surface area contributed by atoms with Gasteiger partial charge in [0.1, 0.15) is 46.5 Å². The molecule has 0 bridgehead atoms. The molecular formula is C81H38F8N12. The first-order valence-electron chi connectivity index (χ1n) is 30.2. The smallest absolute Gasteiger partial charge is 0.192 e. The Hall–Kier alpha value is -14.8. The molecule has 12 nitrogen and oxygen atoms in total. The second kappa shape index (κ2) is 26.4. The largest absolute Gasteiger partial charge is 0.311 e. The molecule has 0 radical (unpaired) electrons. The van der Waals surface area contributed by atoms with Crippen LogP contribution in [0, 0.1) is 132 Å². The van der Waals surface area contributed by atoms with Crippen molar-refractivity contribution >= 4 is 73.9 Å². The molecule has 12 aromatic rings. The molecule has 0 atom stereocenters. The van der Waals surface area contributed by atoms with Crippen LogP contribution in [0.2, 0.25) is 0 Å². The van der Waals surface area contributed by atoms with Crippen LogP contribution in [0.3, 0.4) is 0 Å². The van der Waals surface area contributed by atoms with Gasteiger partial charge in [-0.2, -0.15) is 36.8 Å². The molecule has 12 aromatic carbocycles. The predicted molar refractivity (Wildman–Crippen MR) is 361 cm³/mol. The number of rotatable bonds is 14. The highest BCUT2D eigenvalue weighted by atomic mass is 19.2. The average Bonchev–Trinajstić information content (AvgIpc) is 1.57. The third-order valence-corrected chi connectivity index (χ3v) is 16.8. The minimum Gasteiger partial charge on any atom is -0.311 e. The van der Waals surface area contributed by atoms with E-state index in [2.05, 4.69) is 4.85 Å². The second-order valence-electron chi connectivity index (χ2n) is 23.1. The van der Waals surface area contributed by atoms with Crippen LogP contribution in [-0.2, 0) is 5.41 Å². The molecule has 0 heterocycles. The van der Waals surface area contributed by atoms with Gasteiger partial charge in [0.15, 0.2) is 5.69 Å². The zero-order valence-corrected chi connectivity index (χ0v) is 51.8. The van der Waals surface area contributed by atoms with E-state index < -0.39 is 52.0 Å².